The number of ether oxygens (including phenoxy) is 1. The summed E-state index contributed by atoms with van der Waals surface area (Å²) in [4.78, 5) is 19.2. The third-order valence-electron chi connectivity index (χ3n) is 5.87. The van der Waals surface area contributed by atoms with Crippen molar-refractivity contribution in [3.8, 4) is 5.75 Å². The van der Waals surface area contributed by atoms with E-state index in [0.717, 1.165) is 57.3 Å². The topological polar surface area (TPSA) is 70.9 Å². The molecule has 2 heterocycles. The van der Waals surface area contributed by atoms with Crippen LogP contribution in [0.2, 0.25) is 0 Å². The van der Waals surface area contributed by atoms with Crippen LogP contribution >= 0.6 is 0 Å². The van der Waals surface area contributed by atoms with E-state index in [1.807, 2.05) is 24.4 Å². The number of guanidine groups is 1. The Hall–Kier alpha value is -2.80. The number of hydrogen-bond acceptors (Lipinski definition) is 4. The van der Waals surface area contributed by atoms with Crippen molar-refractivity contribution in [2.24, 2.45) is 4.99 Å². The number of hydrogen-bond donors (Lipinski definition) is 2. The van der Waals surface area contributed by atoms with Gasteiger partial charge in [-0.05, 0) is 69.5 Å². The largest absolute Gasteiger partial charge is 0.497 e. The fraction of sp³-hybridized carbons (Fsp3) is 0.520. The zero-order valence-electron chi connectivity index (χ0n) is 19.4. The smallest absolute Gasteiger partial charge is 0.250 e. The number of aliphatic imine (C=N–C) groups is 1. The number of pyridine rings is 1. The lowest BCUT2D eigenvalue weighted by Gasteiger charge is -2.27. The molecule has 7 heteroatoms. The predicted octanol–water partition coefficient (Wildman–Crippen LogP) is 3.03. The van der Waals surface area contributed by atoms with E-state index in [-0.39, 0.29) is 11.6 Å². The van der Waals surface area contributed by atoms with Gasteiger partial charge in [-0.3, -0.25) is 14.7 Å². The predicted molar refractivity (Wildman–Crippen MR) is 130 cm³/mol. The second-order valence-corrected chi connectivity index (χ2v) is 8.12. The minimum absolute atomic E-state index is 0.0573. The highest BCUT2D eigenvalue weighted by molar-refractivity contribution is 5.79. The Morgan fingerprint density at radius 1 is 1.09 bits per heavy atom. The molecule has 3 rings (SSSR count). The van der Waals surface area contributed by atoms with E-state index in [0.29, 0.717) is 6.54 Å². The van der Waals surface area contributed by atoms with Gasteiger partial charge in [0.15, 0.2) is 5.96 Å². The highest BCUT2D eigenvalue weighted by atomic mass is 16.5. The molecule has 0 radical (unpaired) electrons. The molecule has 174 valence electrons. The molecule has 0 saturated carbocycles. The van der Waals surface area contributed by atoms with E-state index in [1.165, 1.54) is 18.4 Å². The fourth-order valence-electron chi connectivity index (χ4n) is 4.09. The van der Waals surface area contributed by atoms with Crippen LogP contribution in [0.25, 0.3) is 0 Å². The van der Waals surface area contributed by atoms with E-state index >= 15 is 0 Å². The molecule has 1 unspecified atom stereocenters. The van der Waals surface area contributed by atoms with Crippen molar-refractivity contribution in [2.45, 2.75) is 45.2 Å². The maximum Gasteiger partial charge on any atom is 0.250 e. The maximum atomic E-state index is 11.8. The average molecular weight is 440 g/mol. The average Bonchev–Trinajstić information content (AvgIpc) is 3.35. The van der Waals surface area contributed by atoms with Crippen molar-refractivity contribution in [3.63, 3.8) is 0 Å². The van der Waals surface area contributed by atoms with E-state index < -0.39 is 0 Å². The maximum absolute atomic E-state index is 11.8. The Bertz CT molecular complexity index is 888. The molecule has 0 aliphatic carbocycles. The molecule has 1 fully saturated rings. The van der Waals surface area contributed by atoms with Crippen LogP contribution in [0.15, 0.2) is 58.4 Å². The van der Waals surface area contributed by atoms with Gasteiger partial charge in [-0.2, -0.15) is 0 Å². The standard InChI is InChI=1S/C25H37N5O2/c1-3-26-25(27-15-5-7-19-30-18-6-4-10-24(30)31)28-20-23(29-16-8-9-17-29)21-11-13-22(32-2)14-12-21/h4,6,10-14,18,23H,3,5,7-9,15-17,19-20H2,1-2H3,(H2,26,27,28). The van der Waals surface area contributed by atoms with Crippen molar-refractivity contribution in [3.05, 3.63) is 64.6 Å². The number of aryl methyl sites for hydroxylation is 1. The van der Waals surface area contributed by atoms with Crippen molar-refractivity contribution in [1.82, 2.24) is 20.1 Å². The quantitative estimate of drug-likeness (QED) is 0.320. The van der Waals surface area contributed by atoms with Crippen molar-refractivity contribution >= 4 is 5.96 Å². The number of benzene rings is 1. The van der Waals surface area contributed by atoms with Crippen LogP contribution in [-0.4, -0.2) is 55.3 Å². The number of rotatable bonds is 11. The number of nitrogens with zero attached hydrogens (tertiary/aromatic N) is 3. The summed E-state index contributed by atoms with van der Waals surface area (Å²) in [5.74, 6) is 1.73. The van der Waals surface area contributed by atoms with Crippen LogP contribution in [0, 0.1) is 0 Å². The van der Waals surface area contributed by atoms with E-state index in [4.69, 9.17) is 9.73 Å². The molecule has 1 aliphatic heterocycles. The number of likely N-dealkylation sites (tertiary alicyclic amines) is 1. The van der Waals surface area contributed by atoms with Crippen molar-refractivity contribution in [2.75, 3.05) is 39.8 Å². The van der Waals surface area contributed by atoms with Crippen LogP contribution < -0.4 is 20.9 Å². The van der Waals surface area contributed by atoms with Gasteiger partial charge in [-0.1, -0.05) is 18.2 Å². The normalized spacial score (nSPS) is 15.5. The summed E-state index contributed by atoms with van der Waals surface area (Å²) < 4.78 is 7.08. The highest BCUT2D eigenvalue weighted by Gasteiger charge is 2.23. The van der Waals surface area contributed by atoms with Gasteiger partial charge in [-0.15, -0.1) is 0 Å². The van der Waals surface area contributed by atoms with Crippen LogP contribution in [-0.2, 0) is 6.54 Å². The minimum Gasteiger partial charge on any atom is -0.497 e. The number of aromatic nitrogens is 1. The van der Waals surface area contributed by atoms with E-state index in [9.17, 15) is 4.79 Å². The third-order valence-corrected chi connectivity index (χ3v) is 5.87. The fourth-order valence-corrected chi connectivity index (χ4v) is 4.09. The summed E-state index contributed by atoms with van der Waals surface area (Å²) in [5, 5.41) is 6.81. The molecule has 0 spiro atoms. The first kappa shape index (κ1) is 23.9. The summed E-state index contributed by atoms with van der Waals surface area (Å²) in [6, 6.07) is 13.9. The van der Waals surface area contributed by atoms with Gasteiger partial charge in [0.25, 0.3) is 0 Å². The van der Waals surface area contributed by atoms with Crippen LogP contribution in [0.1, 0.15) is 44.2 Å². The molecule has 2 aromatic rings. The number of unbranched alkanes of at least 4 members (excludes halogenated alkanes) is 1. The highest BCUT2D eigenvalue weighted by Crippen LogP contribution is 2.27. The Balaban J connectivity index is 1.55. The first-order chi connectivity index (χ1) is 15.7. The van der Waals surface area contributed by atoms with Crippen molar-refractivity contribution < 1.29 is 4.74 Å². The summed E-state index contributed by atoms with van der Waals surface area (Å²) >= 11 is 0. The summed E-state index contributed by atoms with van der Waals surface area (Å²) in [5.41, 5.74) is 1.34. The van der Waals surface area contributed by atoms with E-state index in [1.54, 1.807) is 23.8 Å². The Morgan fingerprint density at radius 3 is 2.56 bits per heavy atom. The lowest BCUT2D eigenvalue weighted by atomic mass is 10.1. The molecule has 0 amide bonds. The lowest BCUT2D eigenvalue weighted by Crippen LogP contribution is -2.39. The Morgan fingerprint density at radius 2 is 1.88 bits per heavy atom. The van der Waals surface area contributed by atoms with Gasteiger partial charge in [0, 0.05) is 31.9 Å². The summed E-state index contributed by atoms with van der Waals surface area (Å²) in [6.45, 7) is 7.42. The first-order valence-corrected chi connectivity index (χ1v) is 11.8. The van der Waals surface area contributed by atoms with Gasteiger partial charge in [0.2, 0.25) is 5.56 Å². The SMILES string of the molecule is CCNC(=NCC(c1ccc(OC)cc1)N1CCCC1)NCCCCn1ccccc1=O. The van der Waals surface area contributed by atoms with Crippen LogP contribution in [0.4, 0.5) is 0 Å². The third kappa shape index (κ3) is 7.12. The molecule has 0 bridgehead atoms. The second-order valence-electron chi connectivity index (χ2n) is 8.12. The van der Waals surface area contributed by atoms with Gasteiger partial charge < -0.3 is 19.9 Å². The molecular weight excluding hydrogens is 402 g/mol. The van der Waals surface area contributed by atoms with Gasteiger partial charge in [0.05, 0.1) is 19.7 Å². The number of methoxy groups -OCH3 is 1. The first-order valence-electron chi connectivity index (χ1n) is 11.8. The van der Waals surface area contributed by atoms with Gasteiger partial charge in [-0.25, -0.2) is 0 Å². The Kier molecular flexibility index (Phi) is 9.62. The lowest BCUT2D eigenvalue weighted by molar-refractivity contribution is 0.251. The molecule has 1 aromatic carbocycles. The molecule has 7 nitrogen and oxygen atoms in total. The van der Waals surface area contributed by atoms with Crippen LogP contribution in [0.5, 0.6) is 5.75 Å². The second kappa shape index (κ2) is 12.9. The molecule has 1 atom stereocenters. The zero-order chi connectivity index (χ0) is 22.6. The summed E-state index contributed by atoms with van der Waals surface area (Å²) in [7, 11) is 1.70. The molecule has 2 N–H and O–H groups in total. The minimum atomic E-state index is 0.0573. The molecule has 1 aliphatic rings. The zero-order valence-corrected chi connectivity index (χ0v) is 19.4. The van der Waals surface area contributed by atoms with Crippen LogP contribution in [0.3, 0.4) is 0 Å². The molecule has 1 aromatic heterocycles. The number of nitrogens with one attached hydrogen (secondary N) is 2. The van der Waals surface area contributed by atoms with Gasteiger partial charge in [0.1, 0.15) is 5.75 Å². The molecule has 32 heavy (non-hydrogen) atoms. The monoisotopic (exact) mass is 439 g/mol. The van der Waals surface area contributed by atoms with Crippen molar-refractivity contribution in [1.29, 1.82) is 0 Å². The van der Waals surface area contributed by atoms with Gasteiger partial charge >= 0.3 is 0 Å². The summed E-state index contributed by atoms with van der Waals surface area (Å²) in [6.07, 6.45) is 6.26. The molecular formula is C25H37N5O2. The molecule has 1 saturated heterocycles. The Labute approximate surface area is 191 Å². The van der Waals surface area contributed by atoms with E-state index in [2.05, 4.69) is 34.6 Å².